The fourth-order valence-electron chi connectivity index (χ4n) is 3.08. The van der Waals surface area contributed by atoms with Crippen LogP contribution in [-0.4, -0.2) is 49.7 Å². The zero-order valence-electron chi connectivity index (χ0n) is 18.0. The smallest absolute Gasteiger partial charge is 0.258 e. The van der Waals surface area contributed by atoms with E-state index in [-0.39, 0.29) is 23.4 Å². The van der Waals surface area contributed by atoms with Gasteiger partial charge in [-0.15, -0.1) is 0 Å². The van der Waals surface area contributed by atoms with Gasteiger partial charge in [-0.3, -0.25) is 4.79 Å². The average Bonchev–Trinajstić information content (AvgIpc) is 3.57. The van der Waals surface area contributed by atoms with Crippen LogP contribution in [0, 0.1) is 5.92 Å². The van der Waals surface area contributed by atoms with Crippen molar-refractivity contribution in [3.63, 3.8) is 0 Å². The van der Waals surface area contributed by atoms with E-state index in [0.717, 1.165) is 24.5 Å². The first-order valence-electron chi connectivity index (χ1n) is 10.3. The molecule has 1 amide bonds. The van der Waals surface area contributed by atoms with Crippen molar-refractivity contribution < 1.29 is 17.9 Å². The van der Waals surface area contributed by atoms with Crippen LogP contribution < -0.4 is 15.0 Å². The lowest BCUT2D eigenvalue weighted by molar-refractivity contribution is 0.0937. The number of amides is 1. The Morgan fingerprint density at radius 2 is 1.94 bits per heavy atom. The number of sulfone groups is 1. The van der Waals surface area contributed by atoms with Crippen LogP contribution in [-0.2, 0) is 9.84 Å². The highest BCUT2D eigenvalue weighted by molar-refractivity contribution is 7.93. The van der Waals surface area contributed by atoms with Crippen molar-refractivity contribution >= 4 is 21.7 Å². The second-order valence-electron chi connectivity index (χ2n) is 7.47. The summed E-state index contributed by atoms with van der Waals surface area (Å²) in [5, 5.41) is 4.04. The van der Waals surface area contributed by atoms with E-state index in [9.17, 15) is 13.2 Å². The first kappa shape index (κ1) is 22.7. The van der Waals surface area contributed by atoms with Gasteiger partial charge in [0.1, 0.15) is 11.3 Å². The molecule has 3 rings (SSSR count). The van der Waals surface area contributed by atoms with Gasteiger partial charge in [-0.05, 0) is 44.7 Å². The van der Waals surface area contributed by atoms with Gasteiger partial charge in [0.2, 0.25) is 11.8 Å². The standard InChI is InChI=1S/C22H28N4O4S/c1-4-26(5-2)22-23-15-18(21(25-22)30-17-9-7-6-8-10-17)20(27)24-19(16-11-12-16)13-14-31(3,28)29/h6-10,13-16,19H,4-5,11-12H2,1-3H3,(H,24,27)/b14-13+/t19-/m1/s1. The van der Waals surface area contributed by atoms with E-state index in [1.165, 1.54) is 12.3 Å². The number of hydrogen-bond donors (Lipinski definition) is 1. The monoisotopic (exact) mass is 444 g/mol. The Bertz CT molecular complexity index is 1030. The molecule has 8 nitrogen and oxygen atoms in total. The molecule has 9 heteroatoms. The molecule has 1 saturated carbocycles. The predicted octanol–water partition coefficient (Wildman–Crippen LogP) is 3.18. The van der Waals surface area contributed by atoms with Crippen molar-refractivity contribution in [1.82, 2.24) is 15.3 Å². The second kappa shape index (κ2) is 9.91. The lowest BCUT2D eigenvalue weighted by Gasteiger charge is -2.20. The van der Waals surface area contributed by atoms with Gasteiger partial charge in [-0.2, -0.15) is 4.98 Å². The third-order valence-electron chi connectivity index (χ3n) is 4.95. The summed E-state index contributed by atoms with van der Waals surface area (Å²) in [6.07, 6.45) is 5.99. The minimum Gasteiger partial charge on any atom is -0.438 e. The van der Waals surface area contributed by atoms with Crippen LogP contribution in [0.1, 0.15) is 37.0 Å². The van der Waals surface area contributed by atoms with Gasteiger partial charge >= 0.3 is 0 Å². The van der Waals surface area contributed by atoms with Gasteiger partial charge in [-0.25, -0.2) is 13.4 Å². The highest BCUT2D eigenvalue weighted by Crippen LogP contribution is 2.34. The Kier molecular flexibility index (Phi) is 7.27. The van der Waals surface area contributed by atoms with E-state index in [2.05, 4.69) is 15.3 Å². The van der Waals surface area contributed by atoms with Crippen LogP contribution in [0.3, 0.4) is 0 Å². The largest absolute Gasteiger partial charge is 0.438 e. The number of nitrogens with zero attached hydrogens (tertiary/aromatic N) is 3. The first-order chi connectivity index (χ1) is 14.8. The molecule has 1 N–H and O–H groups in total. The summed E-state index contributed by atoms with van der Waals surface area (Å²) in [4.78, 5) is 23.9. The highest BCUT2D eigenvalue weighted by atomic mass is 32.2. The van der Waals surface area contributed by atoms with Gasteiger partial charge < -0.3 is 15.0 Å². The van der Waals surface area contributed by atoms with E-state index in [1.54, 1.807) is 12.1 Å². The zero-order valence-corrected chi connectivity index (χ0v) is 18.8. The Balaban J connectivity index is 1.90. The lowest BCUT2D eigenvalue weighted by atomic mass is 10.1. The lowest BCUT2D eigenvalue weighted by Crippen LogP contribution is -2.35. The van der Waals surface area contributed by atoms with E-state index in [1.807, 2.05) is 36.9 Å². The predicted molar refractivity (Wildman–Crippen MR) is 120 cm³/mol. The normalized spacial score (nSPS) is 14.9. The van der Waals surface area contributed by atoms with Crippen LogP contribution in [0.15, 0.2) is 48.0 Å². The zero-order chi connectivity index (χ0) is 22.4. The molecule has 0 radical (unpaired) electrons. The molecule has 0 spiro atoms. The number of carbonyl (C=O) groups is 1. The summed E-state index contributed by atoms with van der Waals surface area (Å²) in [5.74, 6) is 0.991. The van der Waals surface area contributed by atoms with Crippen molar-refractivity contribution in [1.29, 1.82) is 0 Å². The Morgan fingerprint density at radius 1 is 1.26 bits per heavy atom. The van der Waals surface area contributed by atoms with Gasteiger partial charge in [0.25, 0.3) is 5.91 Å². The number of rotatable bonds is 10. The minimum atomic E-state index is -3.28. The third kappa shape index (κ3) is 6.52. The molecular weight excluding hydrogens is 416 g/mol. The fourth-order valence-corrected chi connectivity index (χ4v) is 3.54. The maximum atomic E-state index is 13.1. The topological polar surface area (TPSA) is 101 Å². The van der Waals surface area contributed by atoms with Gasteiger partial charge in [0.15, 0.2) is 9.84 Å². The number of aromatic nitrogens is 2. The molecule has 1 aliphatic rings. The van der Waals surface area contributed by atoms with Crippen molar-refractivity contribution in [2.45, 2.75) is 32.7 Å². The highest BCUT2D eigenvalue weighted by Gasteiger charge is 2.32. The molecule has 1 aliphatic carbocycles. The van der Waals surface area contributed by atoms with Gasteiger partial charge in [-0.1, -0.05) is 24.3 Å². The number of hydrogen-bond acceptors (Lipinski definition) is 7. The molecule has 0 aliphatic heterocycles. The molecule has 1 fully saturated rings. The number of ether oxygens (including phenoxy) is 1. The van der Waals surface area contributed by atoms with E-state index in [0.29, 0.717) is 24.8 Å². The number of nitrogens with one attached hydrogen (secondary N) is 1. The van der Waals surface area contributed by atoms with Gasteiger partial charge in [0.05, 0.1) is 6.04 Å². The summed E-state index contributed by atoms with van der Waals surface area (Å²) in [7, 11) is -3.28. The summed E-state index contributed by atoms with van der Waals surface area (Å²) in [6, 6.07) is 8.72. The van der Waals surface area contributed by atoms with Crippen LogP contribution in [0.4, 0.5) is 5.95 Å². The number of carbonyl (C=O) groups excluding carboxylic acids is 1. The number of para-hydroxylation sites is 1. The SMILES string of the molecule is CCN(CC)c1ncc(C(=O)N[C@H](/C=C/S(C)(=O)=O)C2CC2)c(Oc2ccccc2)n1. The molecule has 2 aromatic rings. The Morgan fingerprint density at radius 3 is 2.52 bits per heavy atom. The Hall–Kier alpha value is -2.94. The molecule has 1 aromatic carbocycles. The van der Waals surface area contributed by atoms with Crippen LogP contribution >= 0.6 is 0 Å². The summed E-state index contributed by atoms with van der Waals surface area (Å²) in [6.45, 7) is 5.43. The number of benzene rings is 1. The van der Waals surface area contributed by atoms with E-state index >= 15 is 0 Å². The molecule has 166 valence electrons. The number of anilines is 1. The van der Waals surface area contributed by atoms with Crippen molar-refractivity contribution in [2.75, 3.05) is 24.2 Å². The van der Waals surface area contributed by atoms with Crippen molar-refractivity contribution in [3.05, 3.63) is 53.6 Å². The maximum absolute atomic E-state index is 13.1. The molecule has 0 saturated heterocycles. The molecule has 0 bridgehead atoms. The molecule has 1 atom stereocenters. The third-order valence-corrected chi connectivity index (χ3v) is 5.60. The molecule has 31 heavy (non-hydrogen) atoms. The molecular formula is C22H28N4O4S. The minimum absolute atomic E-state index is 0.155. The average molecular weight is 445 g/mol. The van der Waals surface area contributed by atoms with E-state index in [4.69, 9.17) is 4.74 Å². The second-order valence-corrected chi connectivity index (χ2v) is 9.40. The Labute approximate surface area is 183 Å². The molecule has 1 aromatic heterocycles. The summed E-state index contributed by atoms with van der Waals surface area (Å²) < 4.78 is 28.9. The fraction of sp³-hybridized carbons (Fsp3) is 0.409. The van der Waals surface area contributed by atoms with Crippen LogP contribution in [0.2, 0.25) is 0 Å². The molecule has 1 heterocycles. The quantitative estimate of drug-likeness (QED) is 0.600. The van der Waals surface area contributed by atoms with Crippen molar-refractivity contribution in [2.24, 2.45) is 5.92 Å². The van der Waals surface area contributed by atoms with Crippen molar-refractivity contribution in [3.8, 4) is 11.6 Å². The maximum Gasteiger partial charge on any atom is 0.258 e. The summed E-state index contributed by atoms with van der Waals surface area (Å²) in [5.41, 5.74) is 0.193. The molecule has 0 unspecified atom stereocenters. The van der Waals surface area contributed by atoms with E-state index < -0.39 is 15.7 Å². The van der Waals surface area contributed by atoms with Crippen LogP contribution in [0.5, 0.6) is 11.6 Å². The first-order valence-corrected chi connectivity index (χ1v) is 12.3. The van der Waals surface area contributed by atoms with Crippen LogP contribution in [0.25, 0.3) is 0 Å². The van der Waals surface area contributed by atoms with Gasteiger partial charge in [0, 0.05) is 31.0 Å². The summed E-state index contributed by atoms with van der Waals surface area (Å²) >= 11 is 0.